The summed E-state index contributed by atoms with van der Waals surface area (Å²) in [4.78, 5) is 0. The zero-order valence-corrected chi connectivity index (χ0v) is 11.0. The second kappa shape index (κ2) is 6.79. The highest BCUT2D eigenvalue weighted by Gasteiger charge is 2.03. The SMILES string of the molecule is CC(C)CSCC(C)Nc1cccc(F)c1. The quantitative estimate of drug-likeness (QED) is 0.807. The summed E-state index contributed by atoms with van der Waals surface area (Å²) in [6.07, 6.45) is 0. The first-order valence-corrected chi connectivity index (χ1v) is 6.83. The van der Waals surface area contributed by atoms with E-state index in [0.717, 1.165) is 17.4 Å². The molecule has 0 aliphatic carbocycles. The van der Waals surface area contributed by atoms with Gasteiger partial charge in [0.1, 0.15) is 5.82 Å². The molecule has 0 fully saturated rings. The Balaban J connectivity index is 2.31. The first-order valence-electron chi connectivity index (χ1n) is 5.67. The van der Waals surface area contributed by atoms with Gasteiger partial charge in [-0.15, -0.1) is 0 Å². The second-order valence-electron chi connectivity index (χ2n) is 4.49. The topological polar surface area (TPSA) is 12.0 Å². The van der Waals surface area contributed by atoms with Gasteiger partial charge in [-0.1, -0.05) is 19.9 Å². The molecule has 1 nitrogen and oxygen atoms in total. The number of hydrogen-bond donors (Lipinski definition) is 1. The van der Waals surface area contributed by atoms with E-state index in [9.17, 15) is 4.39 Å². The summed E-state index contributed by atoms with van der Waals surface area (Å²) in [7, 11) is 0. The van der Waals surface area contributed by atoms with Crippen LogP contribution in [0.4, 0.5) is 10.1 Å². The van der Waals surface area contributed by atoms with Gasteiger partial charge in [0.05, 0.1) is 0 Å². The molecule has 90 valence electrons. The number of anilines is 1. The van der Waals surface area contributed by atoms with Gasteiger partial charge in [-0.2, -0.15) is 11.8 Å². The third-order valence-electron chi connectivity index (χ3n) is 2.06. The van der Waals surface area contributed by atoms with Crippen molar-refractivity contribution in [2.45, 2.75) is 26.8 Å². The minimum atomic E-state index is -0.188. The smallest absolute Gasteiger partial charge is 0.125 e. The average molecular weight is 241 g/mol. The Morgan fingerprint density at radius 3 is 2.62 bits per heavy atom. The molecule has 0 aromatic heterocycles. The van der Waals surface area contributed by atoms with E-state index < -0.39 is 0 Å². The fourth-order valence-corrected chi connectivity index (χ4v) is 2.43. The van der Waals surface area contributed by atoms with E-state index in [1.165, 1.54) is 17.9 Å². The number of nitrogens with one attached hydrogen (secondary N) is 1. The van der Waals surface area contributed by atoms with Crippen LogP contribution < -0.4 is 5.32 Å². The molecule has 1 N–H and O–H groups in total. The summed E-state index contributed by atoms with van der Waals surface area (Å²) in [6, 6.07) is 6.98. The highest BCUT2D eigenvalue weighted by Crippen LogP contribution is 2.14. The normalized spacial score (nSPS) is 12.8. The molecular weight excluding hydrogens is 221 g/mol. The van der Waals surface area contributed by atoms with Crippen LogP contribution in [0.15, 0.2) is 24.3 Å². The molecule has 1 aromatic carbocycles. The van der Waals surface area contributed by atoms with E-state index in [2.05, 4.69) is 26.1 Å². The molecule has 3 heteroatoms. The van der Waals surface area contributed by atoms with Gasteiger partial charge in [-0.3, -0.25) is 0 Å². The molecule has 1 atom stereocenters. The van der Waals surface area contributed by atoms with Gasteiger partial charge in [0.15, 0.2) is 0 Å². The average Bonchev–Trinajstić information content (AvgIpc) is 2.16. The molecule has 0 heterocycles. The van der Waals surface area contributed by atoms with E-state index >= 15 is 0 Å². The van der Waals surface area contributed by atoms with Crippen LogP contribution in [0.2, 0.25) is 0 Å². The van der Waals surface area contributed by atoms with Gasteiger partial charge < -0.3 is 5.32 Å². The Kier molecular flexibility index (Phi) is 5.67. The van der Waals surface area contributed by atoms with Crippen LogP contribution in [0.1, 0.15) is 20.8 Å². The van der Waals surface area contributed by atoms with E-state index in [-0.39, 0.29) is 5.82 Å². The zero-order chi connectivity index (χ0) is 12.0. The number of hydrogen-bond acceptors (Lipinski definition) is 2. The van der Waals surface area contributed by atoms with Gasteiger partial charge in [-0.05, 0) is 36.8 Å². The number of rotatable bonds is 6. The van der Waals surface area contributed by atoms with Crippen LogP contribution in [0.5, 0.6) is 0 Å². The molecule has 16 heavy (non-hydrogen) atoms. The maximum Gasteiger partial charge on any atom is 0.125 e. The summed E-state index contributed by atoms with van der Waals surface area (Å²) in [6.45, 7) is 6.56. The molecule has 0 aliphatic heterocycles. The fraction of sp³-hybridized carbons (Fsp3) is 0.538. The van der Waals surface area contributed by atoms with Crippen LogP contribution >= 0.6 is 11.8 Å². The van der Waals surface area contributed by atoms with Gasteiger partial charge in [0, 0.05) is 17.5 Å². The molecule has 1 rings (SSSR count). The monoisotopic (exact) mass is 241 g/mol. The largest absolute Gasteiger partial charge is 0.382 e. The lowest BCUT2D eigenvalue weighted by molar-refractivity contribution is 0.628. The minimum Gasteiger partial charge on any atom is -0.382 e. The number of benzene rings is 1. The summed E-state index contributed by atoms with van der Waals surface area (Å²) in [5, 5.41) is 3.30. The van der Waals surface area contributed by atoms with Crippen molar-refractivity contribution in [3.63, 3.8) is 0 Å². The van der Waals surface area contributed by atoms with Crippen molar-refractivity contribution in [3.05, 3.63) is 30.1 Å². The zero-order valence-electron chi connectivity index (χ0n) is 10.2. The molecule has 0 saturated heterocycles. The summed E-state index contributed by atoms with van der Waals surface area (Å²) in [5.41, 5.74) is 0.859. The van der Waals surface area contributed by atoms with Crippen LogP contribution in [-0.4, -0.2) is 17.5 Å². The summed E-state index contributed by atoms with van der Waals surface area (Å²) < 4.78 is 12.9. The molecule has 0 bridgehead atoms. The lowest BCUT2D eigenvalue weighted by Crippen LogP contribution is -2.18. The van der Waals surface area contributed by atoms with Crippen LogP contribution in [0.25, 0.3) is 0 Å². The molecule has 1 unspecified atom stereocenters. The predicted octanol–water partition coefficient (Wildman–Crippen LogP) is 4.02. The van der Waals surface area contributed by atoms with E-state index in [0.29, 0.717) is 6.04 Å². The Labute approximate surface area is 102 Å². The van der Waals surface area contributed by atoms with Crippen molar-refractivity contribution in [3.8, 4) is 0 Å². The summed E-state index contributed by atoms with van der Waals surface area (Å²) >= 11 is 1.94. The van der Waals surface area contributed by atoms with Crippen LogP contribution in [0, 0.1) is 11.7 Å². The molecule has 0 aliphatic rings. The highest BCUT2D eigenvalue weighted by atomic mass is 32.2. The Hall–Kier alpha value is -0.700. The lowest BCUT2D eigenvalue weighted by atomic mass is 10.3. The lowest BCUT2D eigenvalue weighted by Gasteiger charge is -2.15. The van der Waals surface area contributed by atoms with Crippen molar-refractivity contribution in [2.75, 3.05) is 16.8 Å². The molecule has 0 spiro atoms. The number of halogens is 1. The summed E-state index contributed by atoms with van der Waals surface area (Å²) in [5.74, 6) is 2.77. The third kappa shape index (κ3) is 5.40. The van der Waals surface area contributed by atoms with Crippen molar-refractivity contribution in [1.82, 2.24) is 0 Å². The third-order valence-corrected chi connectivity index (χ3v) is 3.69. The Bertz CT molecular complexity index is 315. The van der Waals surface area contributed by atoms with Gasteiger partial charge in [-0.25, -0.2) is 4.39 Å². The molecule has 0 radical (unpaired) electrons. The standard InChI is InChI=1S/C13H20FNS/c1-10(2)8-16-9-11(3)15-13-6-4-5-12(14)7-13/h4-7,10-11,15H,8-9H2,1-3H3. The van der Waals surface area contributed by atoms with E-state index in [1.54, 1.807) is 6.07 Å². The van der Waals surface area contributed by atoms with Gasteiger partial charge in [0.2, 0.25) is 0 Å². The molecule has 1 aromatic rings. The molecule has 0 saturated carbocycles. The molecular formula is C13H20FNS. The Morgan fingerprint density at radius 1 is 1.25 bits per heavy atom. The van der Waals surface area contributed by atoms with Gasteiger partial charge >= 0.3 is 0 Å². The number of thioether (sulfide) groups is 1. The van der Waals surface area contributed by atoms with Crippen LogP contribution in [0.3, 0.4) is 0 Å². The Morgan fingerprint density at radius 2 is 2.00 bits per heavy atom. The van der Waals surface area contributed by atoms with Crippen molar-refractivity contribution in [2.24, 2.45) is 5.92 Å². The van der Waals surface area contributed by atoms with Crippen molar-refractivity contribution in [1.29, 1.82) is 0 Å². The highest BCUT2D eigenvalue weighted by molar-refractivity contribution is 7.99. The van der Waals surface area contributed by atoms with E-state index in [4.69, 9.17) is 0 Å². The fourth-order valence-electron chi connectivity index (χ4n) is 1.38. The maximum atomic E-state index is 12.9. The van der Waals surface area contributed by atoms with Crippen LogP contribution in [-0.2, 0) is 0 Å². The maximum absolute atomic E-state index is 12.9. The predicted molar refractivity (Wildman–Crippen MR) is 71.6 cm³/mol. The molecule has 0 amide bonds. The van der Waals surface area contributed by atoms with Gasteiger partial charge in [0.25, 0.3) is 0 Å². The second-order valence-corrected chi connectivity index (χ2v) is 5.56. The first-order chi connectivity index (χ1) is 7.58. The van der Waals surface area contributed by atoms with E-state index in [1.807, 2.05) is 17.8 Å². The van der Waals surface area contributed by atoms with Crippen molar-refractivity contribution < 1.29 is 4.39 Å². The van der Waals surface area contributed by atoms with Crippen molar-refractivity contribution >= 4 is 17.4 Å². The first kappa shape index (κ1) is 13.4. The minimum absolute atomic E-state index is 0.188.